The summed E-state index contributed by atoms with van der Waals surface area (Å²) in [7, 11) is -2.54. The molecule has 2 aromatic rings. The lowest BCUT2D eigenvalue weighted by Gasteiger charge is -2.28. The summed E-state index contributed by atoms with van der Waals surface area (Å²) in [4.78, 5) is 14.6. The Morgan fingerprint density at radius 3 is 2.14 bits per heavy atom. The second-order valence-electron chi connectivity index (χ2n) is 6.96. The summed E-state index contributed by atoms with van der Waals surface area (Å²) in [6.07, 6.45) is 3.97. The molecule has 29 heavy (non-hydrogen) atoms. The van der Waals surface area contributed by atoms with Crippen molar-refractivity contribution >= 4 is 21.6 Å². The highest BCUT2D eigenvalue weighted by atomic mass is 32.2. The number of ether oxygens (including phenoxy) is 1. The zero-order chi connectivity index (χ0) is 20.9. The van der Waals surface area contributed by atoms with Crippen LogP contribution in [0.25, 0.3) is 0 Å². The summed E-state index contributed by atoms with van der Waals surface area (Å²) < 4.78 is 46.1. The van der Waals surface area contributed by atoms with Crippen LogP contribution in [0.2, 0.25) is 0 Å². The second-order valence-corrected chi connectivity index (χ2v) is 8.82. The number of carbonyl (C=O) groups is 1. The van der Waals surface area contributed by atoms with Gasteiger partial charge in [0.1, 0.15) is 18.1 Å². The third kappa shape index (κ3) is 5.06. The molecule has 8 heteroatoms. The second kappa shape index (κ2) is 9.26. The van der Waals surface area contributed by atoms with E-state index in [1.165, 1.54) is 19.2 Å². The molecule has 1 fully saturated rings. The number of nitrogens with zero attached hydrogens (tertiary/aromatic N) is 2. The number of hydrogen-bond acceptors (Lipinski definition) is 4. The van der Waals surface area contributed by atoms with Gasteiger partial charge in [0, 0.05) is 13.1 Å². The molecule has 0 N–H and O–H groups in total. The fourth-order valence-electron chi connectivity index (χ4n) is 3.34. The lowest BCUT2D eigenvalue weighted by Crippen LogP contribution is -2.43. The van der Waals surface area contributed by atoms with Gasteiger partial charge in [0.05, 0.1) is 17.7 Å². The van der Waals surface area contributed by atoms with Crippen molar-refractivity contribution in [1.82, 2.24) is 4.90 Å². The monoisotopic (exact) mass is 420 g/mol. The number of likely N-dealkylation sites (tertiary alicyclic amines) is 1. The third-order valence-electron chi connectivity index (χ3n) is 5.00. The van der Waals surface area contributed by atoms with Crippen molar-refractivity contribution < 1.29 is 22.3 Å². The fraction of sp³-hybridized carbons (Fsp3) is 0.381. The van der Waals surface area contributed by atoms with Crippen LogP contribution in [-0.4, -0.2) is 46.0 Å². The highest BCUT2D eigenvalue weighted by Crippen LogP contribution is 2.26. The van der Waals surface area contributed by atoms with Crippen molar-refractivity contribution in [2.75, 3.05) is 31.0 Å². The van der Waals surface area contributed by atoms with Crippen molar-refractivity contribution in [3.05, 3.63) is 54.3 Å². The summed E-state index contributed by atoms with van der Waals surface area (Å²) >= 11 is 0. The Kier molecular flexibility index (Phi) is 6.74. The maximum atomic E-state index is 13.3. The van der Waals surface area contributed by atoms with Gasteiger partial charge in [-0.3, -0.25) is 9.10 Å². The van der Waals surface area contributed by atoms with E-state index in [9.17, 15) is 17.6 Å². The zero-order valence-electron chi connectivity index (χ0n) is 16.4. The van der Waals surface area contributed by atoms with Gasteiger partial charge in [-0.1, -0.05) is 12.8 Å². The summed E-state index contributed by atoms with van der Waals surface area (Å²) in [5, 5.41) is 0. The molecule has 0 saturated carbocycles. The first-order chi connectivity index (χ1) is 13.9. The van der Waals surface area contributed by atoms with E-state index in [1.807, 2.05) is 0 Å². The van der Waals surface area contributed by atoms with Crippen LogP contribution in [0.4, 0.5) is 10.1 Å². The zero-order valence-corrected chi connectivity index (χ0v) is 17.2. The molecular formula is C21H25FN2O4S. The molecular weight excluding hydrogens is 395 g/mol. The molecule has 1 heterocycles. The smallest absolute Gasteiger partial charge is 0.264 e. The van der Waals surface area contributed by atoms with Crippen molar-refractivity contribution in [2.45, 2.75) is 30.6 Å². The standard InChI is InChI=1S/C21H25FN2O4S/c1-28-19-10-8-18(9-11-19)24(16-21(25)23-14-4-2-3-5-15-23)29(26,27)20-12-6-17(22)7-13-20/h6-13H,2-5,14-16H2,1H3. The lowest BCUT2D eigenvalue weighted by molar-refractivity contribution is -0.129. The number of benzene rings is 2. The first-order valence-corrected chi connectivity index (χ1v) is 11.1. The van der Waals surface area contributed by atoms with E-state index in [2.05, 4.69) is 0 Å². The van der Waals surface area contributed by atoms with E-state index < -0.39 is 15.8 Å². The molecule has 0 bridgehead atoms. The number of anilines is 1. The van der Waals surface area contributed by atoms with E-state index >= 15 is 0 Å². The van der Waals surface area contributed by atoms with Gasteiger partial charge in [-0.2, -0.15) is 0 Å². The van der Waals surface area contributed by atoms with E-state index in [-0.39, 0.29) is 17.3 Å². The van der Waals surface area contributed by atoms with Gasteiger partial charge >= 0.3 is 0 Å². The number of sulfonamides is 1. The molecule has 0 aliphatic carbocycles. The highest BCUT2D eigenvalue weighted by Gasteiger charge is 2.29. The predicted molar refractivity (Wildman–Crippen MR) is 109 cm³/mol. The van der Waals surface area contributed by atoms with E-state index in [1.54, 1.807) is 29.2 Å². The summed E-state index contributed by atoms with van der Waals surface area (Å²) in [6, 6.07) is 11.1. The van der Waals surface area contributed by atoms with Crippen LogP contribution in [0.1, 0.15) is 25.7 Å². The number of rotatable bonds is 6. The lowest BCUT2D eigenvalue weighted by atomic mass is 10.2. The van der Waals surface area contributed by atoms with Gasteiger partial charge in [-0.05, 0) is 61.4 Å². The first kappa shape index (κ1) is 21.1. The number of amides is 1. The Balaban J connectivity index is 1.94. The maximum Gasteiger partial charge on any atom is 0.264 e. The number of hydrogen-bond donors (Lipinski definition) is 0. The Bertz CT molecular complexity index is 922. The highest BCUT2D eigenvalue weighted by molar-refractivity contribution is 7.92. The molecule has 0 atom stereocenters. The van der Waals surface area contributed by atoms with Gasteiger partial charge in [-0.25, -0.2) is 12.8 Å². The topological polar surface area (TPSA) is 66.9 Å². The molecule has 2 aromatic carbocycles. The van der Waals surface area contributed by atoms with Crippen LogP contribution in [0.3, 0.4) is 0 Å². The van der Waals surface area contributed by atoms with Gasteiger partial charge in [0.15, 0.2) is 0 Å². The van der Waals surface area contributed by atoms with Crippen LogP contribution in [0.5, 0.6) is 5.75 Å². The minimum atomic E-state index is -4.05. The van der Waals surface area contributed by atoms with Gasteiger partial charge in [-0.15, -0.1) is 0 Å². The first-order valence-electron chi connectivity index (χ1n) is 9.62. The summed E-state index contributed by atoms with van der Waals surface area (Å²) in [5.74, 6) is -0.194. The average molecular weight is 421 g/mol. The van der Waals surface area contributed by atoms with Crippen LogP contribution < -0.4 is 9.04 Å². The Morgan fingerprint density at radius 2 is 1.59 bits per heavy atom. The molecule has 0 spiro atoms. The van der Waals surface area contributed by atoms with Crippen LogP contribution >= 0.6 is 0 Å². The SMILES string of the molecule is COc1ccc(N(CC(=O)N2CCCCCC2)S(=O)(=O)c2ccc(F)cc2)cc1. The van der Waals surface area contributed by atoms with Gasteiger partial charge < -0.3 is 9.64 Å². The number of methoxy groups -OCH3 is 1. The largest absolute Gasteiger partial charge is 0.497 e. The van der Waals surface area contributed by atoms with Crippen molar-refractivity contribution in [1.29, 1.82) is 0 Å². The van der Waals surface area contributed by atoms with Crippen LogP contribution in [-0.2, 0) is 14.8 Å². The average Bonchev–Trinajstić information content (AvgIpc) is 3.02. The van der Waals surface area contributed by atoms with Gasteiger partial charge in [0.25, 0.3) is 10.0 Å². The minimum absolute atomic E-state index is 0.0709. The third-order valence-corrected chi connectivity index (χ3v) is 6.79. The summed E-state index contributed by atoms with van der Waals surface area (Å²) in [6.45, 7) is 0.948. The maximum absolute atomic E-state index is 13.3. The molecule has 1 saturated heterocycles. The number of halogens is 1. The molecule has 0 radical (unpaired) electrons. The Morgan fingerprint density at radius 1 is 1.00 bits per heavy atom. The van der Waals surface area contributed by atoms with Crippen molar-refractivity contribution in [3.8, 4) is 5.75 Å². The molecule has 1 amide bonds. The fourth-order valence-corrected chi connectivity index (χ4v) is 4.75. The number of carbonyl (C=O) groups excluding carboxylic acids is 1. The van der Waals surface area contributed by atoms with Crippen molar-refractivity contribution in [3.63, 3.8) is 0 Å². The Hall–Kier alpha value is -2.61. The van der Waals surface area contributed by atoms with Crippen molar-refractivity contribution in [2.24, 2.45) is 0 Å². The van der Waals surface area contributed by atoms with E-state index in [4.69, 9.17) is 4.74 Å². The minimum Gasteiger partial charge on any atom is -0.497 e. The Labute approximate surface area is 170 Å². The van der Waals surface area contributed by atoms with E-state index in [0.29, 0.717) is 24.5 Å². The van der Waals surface area contributed by atoms with Crippen LogP contribution in [0, 0.1) is 5.82 Å². The quantitative estimate of drug-likeness (QED) is 0.718. The van der Waals surface area contributed by atoms with Gasteiger partial charge in [0.2, 0.25) is 5.91 Å². The molecule has 0 aromatic heterocycles. The van der Waals surface area contributed by atoms with E-state index in [0.717, 1.165) is 42.1 Å². The molecule has 3 rings (SSSR count). The molecule has 6 nitrogen and oxygen atoms in total. The predicted octanol–water partition coefficient (Wildman–Crippen LogP) is 3.43. The summed E-state index contributed by atoms with van der Waals surface area (Å²) in [5.41, 5.74) is 0.346. The molecule has 1 aliphatic heterocycles. The molecule has 156 valence electrons. The van der Waals surface area contributed by atoms with Crippen LogP contribution in [0.15, 0.2) is 53.4 Å². The molecule has 0 unspecified atom stereocenters. The normalized spacial score (nSPS) is 14.9. The molecule has 1 aliphatic rings.